The molecule has 5 nitrogen and oxygen atoms in total. The number of aromatic nitrogens is 2. The first kappa shape index (κ1) is 10.9. The van der Waals surface area contributed by atoms with Crippen LogP contribution in [0, 0.1) is 0 Å². The smallest absolute Gasteiger partial charge is 0.396 e. The zero-order valence-electron chi connectivity index (χ0n) is 9.41. The number of methoxy groups -OCH3 is 1. The molecule has 0 saturated heterocycles. The molecular formula is C12H8N2O3S. The van der Waals surface area contributed by atoms with Crippen LogP contribution in [0.1, 0.15) is 10.7 Å². The summed E-state index contributed by atoms with van der Waals surface area (Å²) in [6.45, 7) is 0. The summed E-state index contributed by atoms with van der Waals surface area (Å²) in [6, 6.07) is 7.90. The Hall–Kier alpha value is -2.21. The molecule has 0 radical (unpaired) electrons. The van der Waals surface area contributed by atoms with Crippen molar-refractivity contribution in [3.05, 3.63) is 35.5 Å². The van der Waals surface area contributed by atoms with E-state index in [4.69, 9.17) is 4.42 Å². The van der Waals surface area contributed by atoms with Gasteiger partial charge in [0.2, 0.25) is 5.89 Å². The summed E-state index contributed by atoms with van der Waals surface area (Å²) in [6.07, 6.45) is 0. The molecule has 0 aliphatic heterocycles. The van der Waals surface area contributed by atoms with E-state index in [0.717, 1.165) is 15.6 Å². The van der Waals surface area contributed by atoms with Gasteiger partial charge < -0.3 is 9.15 Å². The van der Waals surface area contributed by atoms with E-state index in [1.54, 1.807) is 11.3 Å². The van der Waals surface area contributed by atoms with Gasteiger partial charge in [0.15, 0.2) is 0 Å². The third-order valence-corrected chi connectivity index (χ3v) is 3.46. The quantitative estimate of drug-likeness (QED) is 0.663. The maximum absolute atomic E-state index is 11.2. The molecule has 0 N–H and O–H groups in total. The molecule has 0 saturated carbocycles. The lowest BCUT2D eigenvalue weighted by Gasteiger charge is -1.92. The highest BCUT2D eigenvalue weighted by Gasteiger charge is 2.18. The molecule has 1 aromatic carbocycles. The molecule has 0 unspecified atom stereocenters. The van der Waals surface area contributed by atoms with E-state index in [1.807, 2.05) is 29.6 Å². The Balaban J connectivity index is 2.09. The summed E-state index contributed by atoms with van der Waals surface area (Å²) in [5, 5.41) is 10.5. The maximum atomic E-state index is 11.2. The van der Waals surface area contributed by atoms with Crippen LogP contribution >= 0.6 is 11.3 Å². The van der Waals surface area contributed by atoms with Crippen molar-refractivity contribution in [3.8, 4) is 11.5 Å². The van der Waals surface area contributed by atoms with Crippen molar-refractivity contribution < 1.29 is 13.9 Å². The largest absolute Gasteiger partial charge is 0.462 e. The summed E-state index contributed by atoms with van der Waals surface area (Å²) in [5.74, 6) is -0.441. The molecule has 0 aliphatic carbocycles. The Labute approximate surface area is 106 Å². The van der Waals surface area contributed by atoms with Gasteiger partial charge in [-0.25, -0.2) is 4.79 Å². The first-order valence-electron chi connectivity index (χ1n) is 5.18. The van der Waals surface area contributed by atoms with Crippen LogP contribution < -0.4 is 0 Å². The number of nitrogens with zero attached hydrogens (tertiary/aromatic N) is 2. The number of carbonyl (C=O) groups is 1. The van der Waals surface area contributed by atoms with Gasteiger partial charge in [-0.05, 0) is 6.07 Å². The normalized spacial score (nSPS) is 10.7. The molecule has 18 heavy (non-hydrogen) atoms. The Kier molecular flexibility index (Phi) is 2.56. The van der Waals surface area contributed by atoms with Gasteiger partial charge >= 0.3 is 11.9 Å². The van der Waals surface area contributed by atoms with Crippen LogP contribution in [0.15, 0.2) is 34.1 Å². The van der Waals surface area contributed by atoms with Crippen LogP contribution in [0.5, 0.6) is 0 Å². The molecule has 6 heteroatoms. The van der Waals surface area contributed by atoms with Crippen LogP contribution in [0.2, 0.25) is 0 Å². The zero-order valence-corrected chi connectivity index (χ0v) is 10.2. The molecule has 2 heterocycles. The Bertz CT molecular complexity index is 717. The fourth-order valence-electron chi connectivity index (χ4n) is 1.65. The highest BCUT2D eigenvalue weighted by molar-refractivity contribution is 7.17. The van der Waals surface area contributed by atoms with Crippen molar-refractivity contribution in [2.75, 3.05) is 7.11 Å². The topological polar surface area (TPSA) is 65.2 Å². The number of hydrogen-bond donors (Lipinski definition) is 0. The van der Waals surface area contributed by atoms with E-state index in [9.17, 15) is 4.79 Å². The minimum absolute atomic E-state index is 0.136. The van der Waals surface area contributed by atoms with Crippen LogP contribution in [-0.4, -0.2) is 23.3 Å². The van der Waals surface area contributed by atoms with Crippen molar-refractivity contribution >= 4 is 27.4 Å². The average Bonchev–Trinajstić information content (AvgIpc) is 3.03. The summed E-state index contributed by atoms with van der Waals surface area (Å²) < 4.78 is 11.0. The number of fused-ring (bicyclic) bond motifs is 1. The van der Waals surface area contributed by atoms with E-state index < -0.39 is 5.97 Å². The molecular weight excluding hydrogens is 252 g/mol. The fraction of sp³-hybridized carbons (Fsp3) is 0.0833. The summed E-state index contributed by atoms with van der Waals surface area (Å²) in [7, 11) is 1.27. The SMILES string of the molecule is COC(=O)c1nnc(-c2csc3ccccc23)o1. The first-order chi connectivity index (χ1) is 8.79. The van der Waals surface area contributed by atoms with E-state index in [2.05, 4.69) is 14.9 Å². The molecule has 0 fully saturated rings. The third kappa shape index (κ3) is 1.67. The Morgan fingerprint density at radius 3 is 3.00 bits per heavy atom. The van der Waals surface area contributed by atoms with Gasteiger partial charge in [0.1, 0.15) is 0 Å². The molecule has 0 atom stereocenters. The van der Waals surface area contributed by atoms with Crippen LogP contribution in [0.4, 0.5) is 0 Å². The number of rotatable bonds is 2. The number of benzene rings is 1. The lowest BCUT2D eigenvalue weighted by atomic mass is 10.2. The van der Waals surface area contributed by atoms with Crippen LogP contribution in [0.25, 0.3) is 21.5 Å². The molecule has 2 aromatic heterocycles. The van der Waals surface area contributed by atoms with Gasteiger partial charge in [-0.2, -0.15) is 0 Å². The zero-order chi connectivity index (χ0) is 12.5. The number of esters is 1. The van der Waals surface area contributed by atoms with E-state index in [-0.39, 0.29) is 5.89 Å². The first-order valence-corrected chi connectivity index (χ1v) is 6.06. The highest BCUT2D eigenvalue weighted by Crippen LogP contribution is 2.32. The number of ether oxygens (including phenoxy) is 1. The van der Waals surface area contributed by atoms with E-state index >= 15 is 0 Å². The molecule has 0 amide bonds. The van der Waals surface area contributed by atoms with Crippen molar-refractivity contribution in [2.24, 2.45) is 0 Å². The van der Waals surface area contributed by atoms with Gasteiger partial charge in [-0.1, -0.05) is 18.2 Å². The molecule has 0 bridgehead atoms. The minimum atomic E-state index is -0.631. The van der Waals surface area contributed by atoms with Crippen molar-refractivity contribution in [3.63, 3.8) is 0 Å². The van der Waals surface area contributed by atoms with Crippen molar-refractivity contribution in [1.29, 1.82) is 0 Å². The summed E-state index contributed by atoms with van der Waals surface area (Å²) >= 11 is 1.59. The van der Waals surface area contributed by atoms with Crippen LogP contribution in [-0.2, 0) is 4.74 Å². The Morgan fingerprint density at radius 1 is 1.33 bits per heavy atom. The van der Waals surface area contributed by atoms with Gasteiger partial charge in [0, 0.05) is 15.5 Å². The van der Waals surface area contributed by atoms with Crippen LogP contribution in [0.3, 0.4) is 0 Å². The second-order valence-corrected chi connectivity index (χ2v) is 4.46. The van der Waals surface area contributed by atoms with Gasteiger partial charge in [0.25, 0.3) is 0 Å². The van der Waals surface area contributed by atoms with Gasteiger partial charge in [0.05, 0.1) is 12.7 Å². The second-order valence-electron chi connectivity index (χ2n) is 3.55. The van der Waals surface area contributed by atoms with Gasteiger partial charge in [-0.15, -0.1) is 21.5 Å². The molecule has 0 aliphatic rings. The third-order valence-electron chi connectivity index (χ3n) is 2.50. The number of thiophene rings is 1. The average molecular weight is 260 g/mol. The monoisotopic (exact) mass is 260 g/mol. The molecule has 3 rings (SSSR count). The molecule has 0 spiro atoms. The lowest BCUT2D eigenvalue weighted by molar-refractivity contribution is 0.0556. The lowest BCUT2D eigenvalue weighted by Crippen LogP contribution is -2.00. The standard InChI is InChI=1S/C12H8N2O3S/c1-16-12(15)11-14-13-10(17-11)8-6-18-9-5-3-2-4-7(8)9/h2-6H,1H3. The highest BCUT2D eigenvalue weighted by atomic mass is 32.1. The van der Waals surface area contributed by atoms with Gasteiger partial charge in [-0.3, -0.25) is 0 Å². The summed E-state index contributed by atoms with van der Waals surface area (Å²) in [5.41, 5.74) is 0.832. The van der Waals surface area contributed by atoms with E-state index in [0.29, 0.717) is 5.89 Å². The summed E-state index contributed by atoms with van der Waals surface area (Å²) in [4.78, 5) is 11.2. The predicted molar refractivity (Wildman–Crippen MR) is 66.5 cm³/mol. The van der Waals surface area contributed by atoms with Crippen molar-refractivity contribution in [2.45, 2.75) is 0 Å². The molecule has 90 valence electrons. The van der Waals surface area contributed by atoms with Crippen molar-refractivity contribution in [1.82, 2.24) is 10.2 Å². The van der Waals surface area contributed by atoms with E-state index in [1.165, 1.54) is 7.11 Å². The fourth-order valence-corrected chi connectivity index (χ4v) is 2.58. The minimum Gasteiger partial charge on any atom is -0.462 e. The Morgan fingerprint density at radius 2 is 2.17 bits per heavy atom. The molecule has 3 aromatic rings. The predicted octanol–water partition coefficient (Wildman–Crippen LogP) is 2.74. The number of carbonyl (C=O) groups excluding carboxylic acids is 1. The second kappa shape index (κ2) is 4.23. The number of hydrogen-bond acceptors (Lipinski definition) is 6. The maximum Gasteiger partial charge on any atom is 0.396 e.